The normalized spacial score (nSPS) is 9.87. The number of rotatable bonds is 3. The highest BCUT2D eigenvalue weighted by molar-refractivity contribution is 6.62. The molecule has 0 unspecified atom stereocenters. The van der Waals surface area contributed by atoms with Crippen LogP contribution in [0.1, 0.15) is 16.7 Å². The molecule has 0 fully saturated rings. The van der Waals surface area contributed by atoms with Crippen LogP contribution in [0, 0.1) is 13.8 Å². The number of benzene rings is 1. The molecule has 0 heterocycles. The zero-order chi connectivity index (χ0) is 11.4. The van der Waals surface area contributed by atoms with E-state index in [2.05, 4.69) is 5.32 Å². The van der Waals surface area contributed by atoms with Gasteiger partial charge in [-0.25, -0.2) is 0 Å². The number of hydrogen-bond donors (Lipinski definition) is 1. The molecule has 15 heavy (non-hydrogen) atoms. The summed E-state index contributed by atoms with van der Waals surface area (Å²) in [5, 5.41) is 2.01. The van der Waals surface area contributed by atoms with Gasteiger partial charge in [-0.3, -0.25) is 4.79 Å². The van der Waals surface area contributed by atoms with Crippen molar-refractivity contribution in [2.75, 3.05) is 7.11 Å². The Morgan fingerprint density at radius 2 is 2.07 bits per heavy atom. The number of ether oxygens (including phenoxy) is 1. The van der Waals surface area contributed by atoms with Crippen LogP contribution in [-0.2, 0) is 6.54 Å². The van der Waals surface area contributed by atoms with Crippen molar-refractivity contribution >= 4 is 17.0 Å². The molecule has 3 nitrogen and oxygen atoms in total. The maximum Gasteiger partial charge on any atom is 0.314 e. The second-order valence-corrected chi connectivity index (χ2v) is 3.65. The molecule has 1 rings (SSSR count). The fraction of sp³-hybridized carbons (Fsp3) is 0.364. The lowest BCUT2D eigenvalue weighted by molar-refractivity contribution is 0.259. The maximum absolute atomic E-state index is 10.6. The van der Waals surface area contributed by atoms with Crippen molar-refractivity contribution in [3.63, 3.8) is 0 Å². The topological polar surface area (TPSA) is 38.3 Å². The van der Waals surface area contributed by atoms with Gasteiger partial charge in [-0.15, -0.1) is 0 Å². The van der Waals surface area contributed by atoms with Gasteiger partial charge in [-0.1, -0.05) is 6.07 Å². The standard InChI is InChI=1S/C11H14ClNO2/c1-7-8(2)10(15-3)5-4-9(7)6-13-11(12)14/h4-5H,6H2,1-3H3,(H,13,14). The Morgan fingerprint density at radius 3 is 2.60 bits per heavy atom. The number of hydrogen-bond acceptors (Lipinski definition) is 2. The van der Waals surface area contributed by atoms with Gasteiger partial charge in [0.05, 0.1) is 7.11 Å². The molecule has 0 atom stereocenters. The van der Waals surface area contributed by atoms with Crippen LogP contribution in [0.3, 0.4) is 0 Å². The number of methoxy groups -OCH3 is 1. The first-order valence-electron chi connectivity index (χ1n) is 4.62. The van der Waals surface area contributed by atoms with Gasteiger partial charge in [0.15, 0.2) is 0 Å². The Morgan fingerprint density at radius 1 is 1.40 bits per heavy atom. The summed E-state index contributed by atoms with van der Waals surface area (Å²) in [6.07, 6.45) is 0. The first kappa shape index (κ1) is 11.9. The highest BCUT2D eigenvalue weighted by Gasteiger charge is 2.06. The van der Waals surface area contributed by atoms with Gasteiger partial charge in [-0.2, -0.15) is 0 Å². The van der Waals surface area contributed by atoms with Crippen LogP contribution in [0.15, 0.2) is 12.1 Å². The molecule has 0 radical (unpaired) electrons. The summed E-state index contributed by atoms with van der Waals surface area (Å²) in [4.78, 5) is 10.6. The van der Waals surface area contributed by atoms with Crippen molar-refractivity contribution in [2.45, 2.75) is 20.4 Å². The minimum absolute atomic E-state index is 0.443. The zero-order valence-corrected chi connectivity index (χ0v) is 9.81. The number of carbonyl (C=O) groups is 1. The van der Waals surface area contributed by atoms with Crippen LogP contribution in [0.25, 0.3) is 0 Å². The number of amides is 1. The van der Waals surface area contributed by atoms with E-state index >= 15 is 0 Å². The van der Waals surface area contributed by atoms with E-state index in [1.165, 1.54) is 0 Å². The smallest absolute Gasteiger partial charge is 0.314 e. The predicted octanol–water partition coefficient (Wildman–Crippen LogP) is 2.76. The lowest BCUT2D eigenvalue weighted by Gasteiger charge is -2.12. The summed E-state index contributed by atoms with van der Waals surface area (Å²) in [5.41, 5.74) is 3.24. The van der Waals surface area contributed by atoms with Crippen molar-refractivity contribution in [3.8, 4) is 5.75 Å². The van der Waals surface area contributed by atoms with E-state index in [1.54, 1.807) is 7.11 Å². The Balaban J connectivity index is 2.91. The predicted molar refractivity (Wildman–Crippen MR) is 60.6 cm³/mol. The lowest BCUT2D eigenvalue weighted by atomic mass is 10.0. The highest BCUT2D eigenvalue weighted by atomic mass is 35.5. The summed E-state index contributed by atoms with van der Waals surface area (Å²) < 4.78 is 5.19. The Hall–Kier alpha value is -1.22. The fourth-order valence-electron chi connectivity index (χ4n) is 1.43. The molecule has 4 heteroatoms. The molecule has 1 amide bonds. The third-order valence-electron chi connectivity index (χ3n) is 2.49. The molecule has 0 saturated carbocycles. The minimum atomic E-state index is -0.539. The summed E-state index contributed by atoms with van der Waals surface area (Å²) in [5.74, 6) is 0.855. The average Bonchev–Trinajstić information content (AvgIpc) is 2.20. The quantitative estimate of drug-likeness (QED) is 0.637. The third kappa shape index (κ3) is 2.86. The van der Waals surface area contributed by atoms with Crippen molar-refractivity contribution in [1.82, 2.24) is 5.32 Å². The molecule has 0 aliphatic carbocycles. The molecule has 0 bridgehead atoms. The van der Waals surface area contributed by atoms with Gasteiger partial charge < -0.3 is 10.1 Å². The maximum atomic E-state index is 10.6. The zero-order valence-electron chi connectivity index (χ0n) is 9.06. The van der Waals surface area contributed by atoms with Crippen molar-refractivity contribution in [2.24, 2.45) is 0 Å². The van der Waals surface area contributed by atoms with Crippen molar-refractivity contribution < 1.29 is 9.53 Å². The monoisotopic (exact) mass is 227 g/mol. The second kappa shape index (κ2) is 5.03. The average molecular weight is 228 g/mol. The van der Waals surface area contributed by atoms with Crippen LogP contribution in [0.2, 0.25) is 0 Å². The molecule has 0 aliphatic heterocycles. The summed E-state index contributed by atoms with van der Waals surface area (Å²) in [6.45, 7) is 4.42. The third-order valence-corrected chi connectivity index (χ3v) is 2.62. The molecule has 1 aromatic carbocycles. The molecule has 1 aromatic rings. The van der Waals surface area contributed by atoms with Crippen molar-refractivity contribution in [3.05, 3.63) is 28.8 Å². The largest absolute Gasteiger partial charge is 0.496 e. The first-order chi connectivity index (χ1) is 7.06. The van der Waals surface area contributed by atoms with Crippen LogP contribution in [-0.4, -0.2) is 12.5 Å². The van der Waals surface area contributed by atoms with E-state index < -0.39 is 5.37 Å². The minimum Gasteiger partial charge on any atom is -0.496 e. The van der Waals surface area contributed by atoms with E-state index in [-0.39, 0.29) is 0 Å². The van der Waals surface area contributed by atoms with Crippen LogP contribution in [0.4, 0.5) is 4.79 Å². The van der Waals surface area contributed by atoms with Gasteiger partial charge in [0.2, 0.25) is 0 Å². The van der Waals surface area contributed by atoms with Crippen LogP contribution in [0.5, 0.6) is 5.75 Å². The summed E-state index contributed by atoms with van der Waals surface area (Å²) in [7, 11) is 1.64. The van der Waals surface area contributed by atoms with Gasteiger partial charge in [-0.05, 0) is 48.2 Å². The molecular formula is C11H14ClNO2. The van der Waals surface area contributed by atoms with E-state index in [0.29, 0.717) is 6.54 Å². The molecule has 0 spiro atoms. The van der Waals surface area contributed by atoms with Crippen molar-refractivity contribution in [1.29, 1.82) is 0 Å². The Labute approximate surface area is 94.4 Å². The summed E-state index contributed by atoms with van der Waals surface area (Å²) in [6, 6.07) is 3.81. The molecular weight excluding hydrogens is 214 g/mol. The van der Waals surface area contributed by atoms with E-state index in [1.807, 2.05) is 26.0 Å². The second-order valence-electron chi connectivity index (χ2n) is 3.30. The molecule has 82 valence electrons. The van der Waals surface area contributed by atoms with E-state index in [9.17, 15) is 4.79 Å². The lowest BCUT2D eigenvalue weighted by Crippen LogP contribution is -2.16. The molecule has 0 aromatic heterocycles. The number of carbonyl (C=O) groups excluding carboxylic acids is 1. The Bertz CT molecular complexity index is 377. The molecule has 0 saturated heterocycles. The van der Waals surface area contributed by atoms with Gasteiger partial charge in [0.1, 0.15) is 5.75 Å². The first-order valence-corrected chi connectivity index (χ1v) is 5.00. The van der Waals surface area contributed by atoms with E-state index in [0.717, 1.165) is 22.4 Å². The number of halogens is 1. The highest BCUT2D eigenvalue weighted by Crippen LogP contribution is 2.23. The van der Waals surface area contributed by atoms with Crippen LogP contribution >= 0.6 is 11.6 Å². The summed E-state index contributed by atoms with van der Waals surface area (Å²) >= 11 is 5.20. The van der Waals surface area contributed by atoms with Gasteiger partial charge in [0, 0.05) is 6.54 Å². The SMILES string of the molecule is COc1ccc(CNC(=O)Cl)c(C)c1C. The number of nitrogens with one attached hydrogen (secondary N) is 1. The van der Waals surface area contributed by atoms with Gasteiger partial charge >= 0.3 is 5.37 Å². The molecule has 0 aliphatic rings. The van der Waals surface area contributed by atoms with E-state index in [4.69, 9.17) is 16.3 Å². The van der Waals surface area contributed by atoms with Crippen LogP contribution < -0.4 is 10.1 Å². The fourth-order valence-corrected chi connectivity index (χ4v) is 1.50. The Kier molecular flexibility index (Phi) is 3.97. The van der Waals surface area contributed by atoms with Gasteiger partial charge in [0.25, 0.3) is 0 Å². The molecule has 1 N–H and O–H groups in total.